The maximum absolute atomic E-state index is 10.2. The van der Waals surface area contributed by atoms with E-state index in [-0.39, 0.29) is 5.75 Å². The Bertz CT molecular complexity index is 853. The van der Waals surface area contributed by atoms with Crippen molar-refractivity contribution in [1.29, 1.82) is 0 Å². The molecular weight excluding hydrogens is 326 g/mol. The van der Waals surface area contributed by atoms with E-state index in [9.17, 15) is 5.11 Å². The number of rotatable bonds is 3. The van der Waals surface area contributed by atoms with Gasteiger partial charge >= 0.3 is 0 Å². The van der Waals surface area contributed by atoms with Gasteiger partial charge in [-0.05, 0) is 55.4 Å². The highest BCUT2D eigenvalue weighted by Gasteiger charge is 2.21. The molecule has 0 bridgehead atoms. The Hall–Kier alpha value is -2.18. The molecule has 23 heavy (non-hydrogen) atoms. The summed E-state index contributed by atoms with van der Waals surface area (Å²) < 4.78 is 1.10. The first-order valence-electron chi connectivity index (χ1n) is 7.45. The highest BCUT2D eigenvalue weighted by molar-refractivity contribution is 7.80. The molecule has 1 fully saturated rings. The monoisotopic (exact) mass is 341 g/mol. The van der Waals surface area contributed by atoms with Crippen molar-refractivity contribution in [2.24, 2.45) is 0 Å². The number of aromatic nitrogens is 1. The van der Waals surface area contributed by atoms with Crippen LogP contribution in [-0.4, -0.2) is 21.2 Å². The lowest BCUT2D eigenvalue weighted by molar-refractivity contribution is 0.477. The number of thiazole rings is 1. The van der Waals surface area contributed by atoms with Crippen LogP contribution < -0.4 is 10.6 Å². The number of phenolic OH excluding ortho intramolecular Hbond substituents is 1. The maximum atomic E-state index is 10.2. The first-order chi connectivity index (χ1) is 11.2. The van der Waals surface area contributed by atoms with Gasteiger partial charge < -0.3 is 15.7 Å². The number of phenols is 1. The van der Waals surface area contributed by atoms with Crippen LogP contribution in [0.2, 0.25) is 0 Å². The van der Waals surface area contributed by atoms with Gasteiger partial charge in [-0.15, -0.1) is 11.3 Å². The molecular formula is C17H15N3OS2. The summed E-state index contributed by atoms with van der Waals surface area (Å²) in [5.41, 5.74) is 2.50. The molecule has 2 aromatic carbocycles. The zero-order valence-electron chi connectivity index (χ0n) is 12.2. The predicted octanol–water partition coefficient (Wildman–Crippen LogP) is 4.12. The molecule has 0 amide bonds. The quantitative estimate of drug-likeness (QED) is 0.494. The Kier molecular flexibility index (Phi) is 3.63. The van der Waals surface area contributed by atoms with Gasteiger partial charge in [0, 0.05) is 11.7 Å². The van der Waals surface area contributed by atoms with Gasteiger partial charge in [-0.25, -0.2) is 4.98 Å². The number of aromatic hydroxyl groups is 1. The number of hydrogen-bond acceptors (Lipinski definition) is 4. The van der Waals surface area contributed by atoms with Crippen molar-refractivity contribution >= 4 is 44.6 Å². The highest BCUT2D eigenvalue weighted by Crippen LogP contribution is 2.36. The van der Waals surface area contributed by atoms with E-state index in [1.165, 1.54) is 12.8 Å². The third-order valence-electron chi connectivity index (χ3n) is 3.69. The average molecular weight is 341 g/mol. The average Bonchev–Trinajstić information content (AvgIpc) is 3.24. The number of nitrogens with one attached hydrogen (secondary N) is 2. The van der Waals surface area contributed by atoms with Crippen molar-refractivity contribution in [3.05, 3.63) is 42.5 Å². The molecule has 0 unspecified atom stereocenters. The second kappa shape index (κ2) is 5.79. The first-order valence-corrected chi connectivity index (χ1v) is 8.68. The van der Waals surface area contributed by atoms with Crippen molar-refractivity contribution in [1.82, 2.24) is 10.3 Å². The van der Waals surface area contributed by atoms with Crippen LogP contribution in [0, 0.1) is 0 Å². The van der Waals surface area contributed by atoms with E-state index < -0.39 is 0 Å². The topological polar surface area (TPSA) is 57.2 Å². The van der Waals surface area contributed by atoms with Crippen LogP contribution in [0.25, 0.3) is 20.8 Å². The van der Waals surface area contributed by atoms with Crippen molar-refractivity contribution in [3.8, 4) is 16.3 Å². The fourth-order valence-electron chi connectivity index (χ4n) is 2.35. The maximum Gasteiger partial charge on any atom is 0.170 e. The van der Waals surface area contributed by atoms with E-state index in [0.29, 0.717) is 16.7 Å². The van der Waals surface area contributed by atoms with Gasteiger partial charge in [-0.1, -0.05) is 12.1 Å². The fraction of sp³-hybridized carbons (Fsp3) is 0.176. The SMILES string of the molecule is Oc1ccc(NC(=S)NC2CC2)cc1-c1nc2ccccc2s1. The number of thiocarbonyl (C=S) groups is 1. The molecule has 116 valence electrons. The molecule has 4 nitrogen and oxygen atoms in total. The molecule has 0 atom stereocenters. The van der Waals surface area contributed by atoms with E-state index in [2.05, 4.69) is 15.6 Å². The van der Waals surface area contributed by atoms with Gasteiger partial charge in [0.15, 0.2) is 5.11 Å². The van der Waals surface area contributed by atoms with Gasteiger partial charge in [-0.3, -0.25) is 0 Å². The summed E-state index contributed by atoms with van der Waals surface area (Å²) in [5.74, 6) is 0.218. The van der Waals surface area contributed by atoms with Crippen LogP contribution in [0.3, 0.4) is 0 Å². The number of fused-ring (bicyclic) bond motifs is 1. The Balaban J connectivity index is 1.64. The molecule has 1 heterocycles. The second-order valence-electron chi connectivity index (χ2n) is 5.59. The summed E-state index contributed by atoms with van der Waals surface area (Å²) in [6.07, 6.45) is 2.35. The minimum Gasteiger partial charge on any atom is -0.507 e. The molecule has 0 saturated heterocycles. The molecule has 1 aliphatic rings. The molecule has 0 aliphatic heterocycles. The van der Waals surface area contributed by atoms with Crippen LogP contribution in [0.4, 0.5) is 5.69 Å². The minimum absolute atomic E-state index is 0.218. The molecule has 3 N–H and O–H groups in total. The third-order valence-corrected chi connectivity index (χ3v) is 4.98. The molecule has 6 heteroatoms. The third kappa shape index (κ3) is 3.13. The highest BCUT2D eigenvalue weighted by atomic mass is 32.1. The van der Waals surface area contributed by atoms with Crippen LogP contribution in [-0.2, 0) is 0 Å². The van der Waals surface area contributed by atoms with E-state index in [1.54, 1.807) is 17.4 Å². The van der Waals surface area contributed by atoms with Crippen LogP contribution in [0.5, 0.6) is 5.75 Å². The second-order valence-corrected chi connectivity index (χ2v) is 7.03. The van der Waals surface area contributed by atoms with Crippen LogP contribution in [0.1, 0.15) is 12.8 Å². The molecule has 1 aromatic heterocycles. The molecule has 0 radical (unpaired) electrons. The van der Waals surface area contributed by atoms with Gasteiger partial charge in [-0.2, -0.15) is 0 Å². The van der Waals surface area contributed by atoms with Gasteiger partial charge in [0.05, 0.1) is 15.8 Å². The molecule has 4 rings (SSSR count). The standard InChI is InChI=1S/C17H15N3OS2/c21-14-8-7-11(19-17(22)18-10-5-6-10)9-12(14)16-20-13-3-1-2-4-15(13)23-16/h1-4,7-10,21H,5-6H2,(H2,18,19,22). The van der Waals surface area contributed by atoms with Gasteiger partial charge in [0.1, 0.15) is 10.8 Å². The number of benzene rings is 2. The lowest BCUT2D eigenvalue weighted by Gasteiger charge is -2.11. The summed E-state index contributed by atoms with van der Waals surface area (Å²) in [6, 6.07) is 13.8. The minimum atomic E-state index is 0.218. The van der Waals surface area contributed by atoms with E-state index in [0.717, 1.165) is 20.9 Å². The molecule has 0 spiro atoms. The zero-order valence-corrected chi connectivity index (χ0v) is 13.9. The number of nitrogens with zero attached hydrogens (tertiary/aromatic N) is 1. The molecule has 3 aromatic rings. The smallest absolute Gasteiger partial charge is 0.170 e. The van der Waals surface area contributed by atoms with Crippen molar-refractivity contribution in [2.45, 2.75) is 18.9 Å². The summed E-state index contributed by atoms with van der Waals surface area (Å²) in [4.78, 5) is 4.60. The Labute approximate surface area is 143 Å². The lowest BCUT2D eigenvalue weighted by Crippen LogP contribution is -2.30. The lowest BCUT2D eigenvalue weighted by atomic mass is 10.2. The Morgan fingerprint density at radius 2 is 2.04 bits per heavy atom. The summed E-state index contributed by atoms with van der Waals surface area (Å²) in [5, 5.41) is 18.0. The normalized spacial score (nSPS) is 13.9. The molecule has 1 aliphatic carbocycles. The summed E-state index contributed by atoms with van der Waals surface area (Å²) >= 11 is 6.87. The van der Waals surface area contributed by atoms with Crippen molar-refractivity contribution in [3.63, 3.8) is 0 Å². The van der Waals surface area contributed by atoms with E-state index >= 15 is 0 Å². The Morgan fingerprint density at radius 1 is 1.22 bits per heavy atom. The van der Waals surface area contributed by atoms with E-state index in [4.69, 9.17) is 12.2 Å². The fourth-order valence-corrected chi connectivity index (χ4v) is 3.63. The zero-order chi connectivity index (χ0) is 15.8. The van der Waals surface area contributed by atoms with Gasteiger partial charge in [0.2, 0.25) is 0 Å². The number of para-hydroxylation sites is 1. The van der Waals surface area contributed by atoms with Gasteiger partial charge in [0.25, 0.3) is 0 Å². The van der Waals surface area contributed by atoms with Crippen LogP contribution in [0.15, 0.2) is 42.5 Å². The van der Waals surface area contributed by atoms with Crippen molar-refractivity contribution < 1.29 is 5.11 Å². The first kappa shape index (κ1) is 14.4. The predicted molar refractivity (Wildman–Crippen MR) is 99.1 cm³/mol. The van der Waals surface area contributed by atoms with E-state index in [1.807, 2.05) is 36.4 Å². The Morgan fingerprint density at radius 3 is 2.83 bits per heavy atom. The van der Waals surface area contributed by atoms with Crippen molar-refractivity contribution in [2.75, 3.05) is 5.32 Å². The molecule has 1 saturated carbocycles. The van der Waals surface area contributed by atoms with Crippen LogP contribution >= 0.6 is 23.6 Å². The largest absolute Gasteiger partial charge is 0.507 e. The number of anilines is 1. The summed E-state index contributed by atoms with van der Waals surface area (Å²) in [6.45, 7) is 0. The summed E-state index contributed by atoms with van der Waals surface area (Å²) in [7, 11) is 0. The number of hydrogen-bond donors (Lipinski definition) is 3.